The lowest BCUT2D eigenvalue weighted by Gasteiger charge is -2.02. The van der Waals surface area contributed by atoms with E-state index in [1.165, 1.54) is 17.8 Å². The zero-order valence-corrected chi connectivity index (χ0v) is 11.1. The minimum Gasteiger partial charge on any atom is -0.381 e. The van der Waals surface area contributed by atoms with Crippen LogP contribution in [0.2, 0.25) is 0 Å². The molecule has 0 bridgehead atoms. The molecule has 0 atom stereocenters. The zero-order chi connectivity index (χ0) is 12.0. The van der Waals surface area contributed by atoms with Crippen molar-refractivity contribution < 1.29 is 9.66 Å². The number of aromatic nitrogens is 1. The maximum atomic E-state index is 10.8. The lowest BCUT2D eigenvalue weighted by atomic mass is 10.4. The molecule has 1 rings (SSSR count). The van der Waals surface area contributed by atoms with Crippen LogP contribution < -0.4 is 0 Å². The molecule has 0 fully saturated rings. The van der Waals surface area contributed by atoms with Crippen molar-refractivity contribution in [3.8, 4) is 0 Å². The molecule has 16 heavy (non-hydrogen) atoms. The fourth-order valence-electron chi connectivity index (χ4n) is 1.000. The first kappa shape index (κ1) is 13.4. The number of hydrogen-bond donors (Lipinski definition) is 0. The van der Waals surface area contributed by atoms with Gasteiger partial charge in [0.05, 0.1) is 11.5 Å². The van der Waals surface area contributed by atoms with Crippen LogP contribution in [0, 0.1) is 10.1 Å². The van der Waals surface area contributed by atoms with Crippen LogP contribution in [0.3, 0.4) is 0 Å². The van der Waals surface area contributed by atoms with Gasteiger partial charge in [-0.15, -0.1) is 0 Å². The van der Waals surface area contributed by atoms with Crippen LogP contribution in [-0.2, 0) is 4.74 Å². The first-order valence-electron chi connectivity index (χ1n) is 4.65. The van der Waals surface area contributed by atoms with Crippen molar-refractivity contribution in [2.75, 3.05) is 19.0 Å². The molecule has 0 aromatic carbocycles. The average molecular weight is 307 g/mol. The van der Waals surface area contributed by atoms with Crippen LogP contribution in [0.1, 0.15) is 6.92 Å². The largest absolute Gasteiger partial charge is 0.381 e. The molecule has 0 aliphatic rings. The minimum absolute atomic E-state index is 0.0240. The summed E-state index contributed by atoms with van der Waals surface area (Å²) in [5.74, 6) is 0.656. The minimum atomic E-state index is -0.430. The number of halogens is 1. The first-order valence-corrected chi connectivity index (χ1v) is 6.43. The van der Waals surface area contributed by atoms with E-state index in [0.29, 0.717) is 28.5 Å². The summed E-state index contributed by atoms with van der Waals surface area (Å²) in [5, 5.41) is 11.2. The van der Waals surface area contributed by atoms with Crippen LogP contribution in [0.15, 0.2) is 21.8 Å². The molecular formula is C9H11BrN2O3S. The van der Waals surface area contributed by atoms with Crippen molar-refractivity contribution in [2.45, 2.75) is 11.9 Å². The molecule has 0 saturated carbocycles. The maximum absolute atomic E-state index is 10.8. The highest BCUT2D eigenvalue weighted by Crippen LogP contribution is 2.28. The summed E-state index contributed by atoms with van der Waals surface area (Å²) in [5.41, 5.74) is 0.0240. The second kappa shape index (κ2) is 6.82. The van der Waals surface area contributed by atoms with Crippen molar-refractivity contribution in [1.29, 1.82) is 0 Å². The van der Waals surface area contributed by atoms with Gasteiger partial charge in [0.15, 0.2) is 5.03 Å². The molecule has 0 radical (unpaired) electrons. The zero-order valence-electron chi connectivity index (χ0n) is 8.68. The lowest BCUT2D eigenvalue weighted by Crippen LogP contribution is -1.98. The summed E-state index contributed by atoms with van der Waals surface area (Å²) in [6.07, 6.45) is 1.55. The number of pyridine rings is 1. The van der Waals surface area contributed by atoms with Gasteiger partial charge in [-0.25, -0.2) is 4.98 Å². The number of thioether (sulfide) groups is 1. The van der Waals surface area contributed by atoms with E-state index in [1.54, 1.807) is 6.20 Å². The van der Waals surface area contributed by atoms with Gasteiger partial charge in [0.2, 0.25) is 0 Å². The normalized spacial score (nSPS) is 10.4. The first-order chi connectivity index (χ1) is 7.65. The highest BCUT2D eigenvalue weighted by atomic mass is 79.9. The van der Waals surface area contributed by atoms with Crippen molar-refractivity contribution in [2.24, 2.45) is 0 Å². The third-order valence-electron chi connectivity index (χ3n) is 1.67. The van der Waals surface area contributed by atoms with E-state index in [2.05, 4.69) is 20.9 Å². The Kier molecular flexibility index (Phi) is 5.72. The van der Waals surface area contributed by atoms with Crippen molar-refractivity contribution in [3.05, 3.63) is 26.9 Å². The molecule has 0 saturated heterocycles. The fraction of sp³-hybridized carbons (Fsp3) is 0.444. The molecule has 0 aliphatic carbocycles. The molecule has 0 spiro atoms. The highest BCUT2D eigenvalue weighted by molar-refractivity contribution is 9.10. The van der Waals surface area contributed by atoms with Gasteiger partial charge >= 0.3 is 5.69 Å². The van der Waals surface area contributed by atoms with Gasteiger partial charge < -0.3 is 4.74 Å². The summed E-state index contributed by atoms with van der Waals surface area (Å²) in [6, 6.07) is 1.45. The number of nitrogens with zero attached hydrogens (tertiary/aromatic N) is 2. The molecule has 1 heterocycles. The van der Waals surface area contributed by atoms with Gasteiger partial charge in [0, 0.05) is 29.1 Å². The lowest BCUT2D eigenvalue weighted by molar-refractivity contribution is -0.388. The van der Waals surface area contributed by atoms with E-state index in [1.807, 2.05) is 6.92 Å². The molecule has 0 aliphatic heterocycles. The molecule has 1 aromatic rings. The quantitative estimate of drug-likeness (QED) is 0.350. The maximum Gasteiger partial charge on any atom is 0.302 e. The Bertz CT molecular complexity index is 376. The predicted octanol–water partition coefficient (Wildman–Crippen LogP) is 2.88. The summed E-state index contributed by atoms with van der Waals surface area (Å²) in [7, 11) is 0. The monoisotopic (exact) mass is 306 g/mol. The van der Waals surface area contributed by atoms with E-state index in [0.717, 1.165) is 0 Å². The molecule has 0 N–H and O–H groups in total. The van der Waals surface area contributed by atoms with Gasteiger partial charge in [-0.3, -0.25) is 10.1 Å². The summed E-state index contributed by atoms with van der Waals surface area (Å²) >= 11 is 4.48. The molecule has 88 valence electrons. The number of nitro groups is 1. The summed E-state index contributed by atoms with van der Waals surface area (Å²) < 4.78 is 5.76. The van der Waals surface area contributed by atoms with Gasteiger partial charge in [-0.2, -0.15) is 0 Å². The van der Waals surface area contributed by atoms with Gasteiger partial charge in [0.25, 0.3) is 0 Å². The van der Waals surface area contributed by atoms with E-state index in [9.17, 15) is 10.1 Å². The average Bonchev–Trinajstić information content (AvgIpc) is 2.26. The Labute approximate surface area is 106 Å². The Balaban J connectivity index is 2.67. The Morgan fingerprint density at radius 1 is 1.69 bits per heavy atom. The van der Waals surface area contributed by atoms with Crippen molar-refractivity contribution >= 4 is 33.4 Å². The van der Waals surface area contributed by atoms with Crippen LogP contribution in [-0.4, -0.2) is 28.9 Å². The fourth-order valence-corrected chi connectivity index (χ4v) is 2.12. The van der Waals surface area contributed by atoms with E-state index in [-0.39, 0.29) is 5.69 Å². The van der Waals surface area contributed by atoms with Gasteiger partial charge in [-0.05, 0) is 22.9 Å². The highest BCUT2D eigenvalue weighted by Gasteiger charge is 2.15. The number of rotatable bonds is 6. The third kappa shape index (κ3) is 4.07. The van der Waals surface area contributed by atoms with Crippen LogP contribution in [0.5, 0.6) is 0 Å². The third-order valence-corrected chi connectivity index (χ3v) is 3.06. The van der Waals surface area contributed by atoms with Crippen molar-refractivity contribution in [1.82, 2.24) is 4.98 Å². The van der Waals surface area contributed by atoms with Crippen LogP contribution >= 0.6 is 27.7 Å². The second-order valence-corrected chi connectivity index (χ2v) is 4.78. The van der Waals surface area contributed by atoms with E-state index >= 15 is 0 Å². The van der Waals surface area contributed by atoms with Gasteiger partial charge in [-0.1, -0.05) is 11.8 Å². The summed E-state index contributed by atoms with van der Waals surface area (Å²) in [4.78, 5) is 14.3. The molecular weight excluding hydrogens is 296 g/mol. The Morgan fingerprint density at radius 3 is 3.06 bits per heavy atom. The van der Waals surface area contributed by atoms with Crippen LogP contribution in [0.25, 0.3) is 0 Å². The molecule has 0 unspecified atom stereocenters. The molecule has 1 aromatic heterocycles. The van der Waals surface area contributed by atoms with Gasteiger partial charge in [0.1, 0.15) is 0 Å². The van der Waals surface area contributed by atoms with Crippen molar-refractivity contribution in [3.63, 3.8) is 0 Å². The van der Waals surface area contributed by atoms with Crippen LogP contribution in [0.4, 0.5) is 5.69 Å². The molecule has 5 nitrogen and oxygen atoms in total. The second-order valence-electron chi connectivity index (χ2n) is 2.78. The number of hydrogen-bond acceptors (Lipinski definition) is 5. The smallest absolute Gasteiger partial charge is 0.302 e. The molecule has 0 amide bonds. The standard InChI is InChI=1S/C9H11BrN2O3S/c1-2-15-3-4-16-9-8(12(13)14)5-7(10)6-11-9/h5-6H,2-4H2,1H3. The Hall–Kier alpha value is -0.660. The SMILES string of the molecule is CCOCCSc1ncc(Br)cc1[N+](=O)[O-]. The summed E-state index contributed by atoms with van der Waals surface area (Å²) in [6.45, 7) is 3.12. The molecule has 7 heteroatoms. The predicted molar refractivity (Wildman–Crippen MR) is 65.8 cm³/mol. The number of ether oxygens (including phenoxy) is 1. The topological polar surface area (TPSA) is 65.3 Å². The van der Waals surface area contributed by atoms with E-state index < -0.39 is 4.92 Å². The Morgan fingerprint density at radius 2 is 2.44 bits per heavy atom. The van der Waals surface area contributed by atoms with E-state index in [4.69, 9.17) is 4.74 Å².